The zero-order chi connectivity index (χ0) is 16.0. The predicted octanol–water partition coefficient (Wildman–Crippen LogP) is 2.99. The molecule has 0 bridgehead atoms. The molecule has 0 spiro atoms. The van der Waals surface area contributed by atoms with Gasteiger partial charge in [-0.1, -0.05) is 40.0 Å². The quantitative estimate of drug-likeness (QED) is 0.505. The molecule has 5 nitrogen and oxygen atoms in total. The zero-order valence-electron chi connectivity index (χ0n) is 13.5. The first kappa shape index (κ1) is 21.2. The molecule has 0 atom stereocenters. The molecule has 0 aromatic carbocycles. The van der Waals surface area contributed by atoms with Crippen molar-refractivity contribution < 1.29 is 24.3 Å². The van der Waals surface area contributed by atoms with Crippen molar-refractivity contribution in [2.45, 2.75) is 59.3 Å². The van der Waals surface area contributed by atoms with E-state index in [2.05, 4.69) is 27.8 Å². The Morgan fingerprint density at radius 3 is 1.15 bits per heavy atom. The molecule has 0 unspecified atom stereocenters. The summed E-state index contributed by atoms with van der Waals surface area (Å²) in [5.74, 6) is -3.65. The van der Waals surface area contributed by atoms with E-state index in [1.807, 2.05) is 0 Å². The number of quaternary nitrogens is 1. The van der Waals surface area contributed by atoms with Crippen molar-refractivity contribution in [1.82, 2.24) is 0 Å². The van der Waals surface area contributed by atoms with Gasteiger partial charge in [-0.15, -0.1) is 0 Å². The third kappa shape index (κ3) is 13.3. The third-order valence-electron chi connectivity index (χ3n) is 3.34. The van der Waals surface area contributed by atoms with Gasteiger partial charge in [0.15, 0.2) is 0 Å². The molecule has 5 heteroatoms. The van der Waals surface area contributed by atoms with Crippen LogP contribution < -0.4 is 0 Å². The van der Waals surface area contributed by atoms with Gasteiger partial charge in [-0.05, 0) is 19.3 Å². The minimum absolute atomic E-state index is 1.32. The molecule has 0 heterocycles. The van der Waals surface area contributed by atoms with Crippen LogP contribution in [-0.2, 0) is 9.59 Å². The fraction of sp³-hybridized carbons (Fsp3) is 0.867. The molecule has 0 radical (unpaired) electrons. The van der Waals surface area contributed by atoms with Crippen molar-refractivity contribution >= 4 is 11.9 Å². The molecular formula is C15H32NO4+. The maximum Gasteiger partial charge on any atom is 0.414 e. The molecule has 0 amide bonds. The minimum atomic E-state index is -1.82. The highest BCUT2D eigenvalue weighted by Crippen LogP contribution is 2.10. The van der Waals surface area contributed by atoms with Gasteiger partial charge < -0.3 is 14.7 Å². The topological polar surface area (TPSA) is 74.6 Å². The Labute approximate surface area is 123 Å². The van der Waals surface area contributed by atoms with Gasteiger partial charge in [-0.3, -0.25) is 0 Å². The Kier molecular flexibility index (Phi) is 13.7. The first-order chi connectivity index (χ1) is 9.32. The van der Waals surface area contributed by atoms with E-state index in [0.717, 1.165) is 0 Å². The molecule has 0 aliphatic carbocycles. The summed E-state index contributed by atoms with van der Waals surface area (Å²) in [4.78, 5) is 18.2. The summed E-state index contributed by atoms with van der Waals surface area (Å²) in [7, 11) is 2.45. The van der Waals surface area contributed by atoms with Gasteiger partial charge in [0, 0.05) is 0 Å². The first-order valence-electron chi connectivity index (χ1n) is 7.62. The van der Waals surface area contributed by atoms with Gasteiger partial charge in [0.05, 0.1) is 26.7 Å². The standard InChI is InChI=1S/C13H30N.C2H2O4/c1-5-8-11-14(4,12-9-6-2)13-10-7-3;3-1(4)2(5)6/h5-13H2,1-4H3;(H,3,4)(H,5,6)/q+1;. The second-order valence-corrected chi connectivity index (χ2v) is 5.46. The van der Waals surface area contributed by atoms with E-state index in [1.165, 1.54) is 62.6 Å². The van der Waals surface area contributed by atoms with Gasteiger partial charge in [0.1, 0.15) is 0 Å². The van der Waals surface area contributed by atoms with Gasteiger partial charge in [-0.25, -0.2) is 9.59 Å². The highest BCUT2D eigenvalue weighted by Gasteiger charge is 2.18. The first-order valence-corrected chi connectivity index (χ1v) is 7.62. The van der Waals surface area contributed by atoms with Gasteiger partial charge in [0.2, 0.25) is 0 Å². The summed E-state index contributed by atoms with van der Waals surface area (Å²) in [6.07, 6.45) is 8.20. The van der Waals surface area contributed by atoms with Crippen LogP contribution in [0.15, 0.2) is 0 Å². The normalized spacial score (nSPS) is 10.6. The van der Waals surface area contributed by atoms with Crippen LogP contribution in [0.4, 0.5) is 0 Å². The second kappa shape index (κ2) is 12.9. The molecular weight excluding hydrogens is 258 g/mol. The van der Waals surface area contributed by atoms with Gasteiger partial charge in [0.25, 0.3) is 0 Å². The molecule has 120 valence electrons. The van der Waals surface area contributed by atoms with Crippen LogP contribution in [0.2, 0.25) is 0 Å². The zero-order valence-corrected chi connectivity index (χ0v) is 13.5. The molecule has 0 aliphatic heterocycles. The Morgan fingerprint density at radius 2 is 1.00 bits per heavy atom. The number of rotatable bonds is 9. The van der Waals surface area contributed by atoms with Crippen molar-refractivity contribution in [3.8, 4) is 0 Å². The van der Waals surface area contributed by atoms with Crippen molar-refractivity contribution in [1.29, 1.82) is 0 Å². The van der Waals surface area contributed by atoms with Gasteiger partial charge >= 0.3 is 11.9 Å². The van der Waals surface area contributed by atoms with E-state index in [1.54, 1.807) is 0 Å². The predicted molar refractivity (Wildman–Crippen MR) is 80.8 cm³/mol. The number of hydrogen-bond acceptors (Lipinski definition) is 2. The number of nitrogens with zero attached hydrogens (tertiary/aromatic N) is 1. The summed E-state index contributed by atoms with van der Waals surface area (Å²) in [5, 5.41) is 14.8. The molecule has 0 aromatic heterocycles. The summed E-state index contributed by atoms with van der Waals surface area (Å²) in [6.45, 7) is 11.0. The smallest absolute Gasteiger partial charge is 0.414 e. The molecule has 0 rings (SSSR count). The molecule has 0 saturated carbocycles. The number of aliphatic carboxylic acids is 2. The number of carbonyl (C=O) groups is 2. The van der Waals surface area contributed by atoms with E-state index in [-0.39, 0.29) is 0 Å². The average Bonchev–Trinajstić information content (AvgIpc) is 2.41. The Bertz CT molecular complexity index is 233. The highest BCUT2D eigenvalue weighted by atomic mass is 16.4. The highest BCUT2D eigenvalue weighted by molar-refractivity contribution is 6.27. The summed E-state index contributed by atoms with van der Waals surface area (Å²) >= 11 is 0. The third-order valence-corrected chi connectivity index (χ3v) is 3.34. The van der Waals surface area contributed by atoms with Crippen molar-refractivity contribution in [3.05, 3.63) is 0 Å². The van der Waals surface area contributed by atoms with E-state index in [0.29, 0.717) is 0 Å². The fourth-order valence-corrected chi connectivity index (χ4v) is 1.95. The van der Waals surface area contributed by atoms with Crippen LogP contribution in [0.5, 0.6) is 0 Å². The van der Waals surface area contributed by atoms with Crippen LogP contribution in [0.25, 0.3) is 0 Å². The number of carboxylic acid groups (broad SMARTS) is 2. The Balaban J connectivity index is 0. The maximum atomic E-state index is 9.10. The molecule has 20 heavy (non-hydrogen) atoms. The fourth-order valence-electron chi connectivity index (χ4n) is 1.95. The lowest BCUT2D eigenvalue weighted by Gasteiger charge is -2.34. The van der Waals surface area contributed by atoms with E-state index >= 15 is 0 Å². The number of carboxylic acids is 2. The van der Waals surface area contributed by atoms with E-state index < -0.39 is 11.9 Å². The van der Waals surface area contributed by atoms with E-state index in [4.69, 9.17) is 19.8 Å². The molecule has 0 fully saturated rings. The van der Waals surface area contributed by atoms with E-state index in [9.17, 15) is 0 Å². The van der Waals surface area contributed by atoms with Crippen LogP contribution in [0.1, 0.15) is 59.3 Å². The lowest BCUT2D eigenvalue weighted by Crippen LogP contribution is -2.46. The average molecular weight is 290 g/mol. The summed E-state index contributed by atoms with van der Waals surface area (Å²) in [6, 6.07) is 0. The van der Waals surface area contributed by atoms with Gasteiger partial charge in [-0.2, -0.15) is 0 Å². The lowest BCUT2D eigenvalue weighted by molar-refractivity contribution is -0.910. The number of hydrogen-bond donors (Lipinski definition) is 2. The lowest BCUT2D eigenvalue weighted by atomic mass is 10.2. The summed E-state index contributed by atoms with van der Waals surface area (Å²) < 4.78 is 1.32. The SMILES string of the molecule is CCCC[N+](C)(CCCC)CCCC.O=C(O)C(=O)O. The van der Waals surface area contributed by atoms with Crippen molar-refractivity contribution in [2.75, 3.05) is 26.7 Å². The molecule has 0 saturated heterocycles. The second-order valence-electron chi connectivity index (χ2n) is 5.46. The van der Waals surface area contributed by atoms with Crippen molar-refractivity contribution in [2.24, 2.45) is 0 Å². The molecule has 0 aromatic rings. The molecule has 0 aliphatic rings. The van der Waals surface area contributed by atoms with Crippen LogP contribution >= 0.6 is 0 Å². The monoisotopic (exact) mass is 290 g/mol. The van der Waals surface area contributed by atoms with Crippen LogP contribution in [0, 0.1) is 0 Å². The largest absolute Gasteiger partial charge is 0.473 e. The summed E-state index contributed by atoms with van der Waals surface area (Å²) in [5.41, 5.74) is 0. The maximum absolute atomic E-state index is 9.10. The van der Waals surface area contributed by atoms with Crippen molar-refractivity contribution in [3.63, 3.8) is 0 Å². The number of unbranched alkanes of at least 4 members (excludes halogenated alkanes) is 3. The van der Waals surface area contributed by atoms with Crippen LogP contribution in [-0.4, -0.2) is 53.3 Å². The Hall–Kier alpha value is -1.10. The minimum Gasteiger partial charge on any atom is -0.473 e. The molecule has 2 N–H and O–H groups in total. The Morgan fingerprint density at radius 1 is 0.750 bits per heavy atom. The van der Waals surface area contributed by atoms with Crippen LogP contribution in [0.3, 0.4) is 0 Å².